The summed E-state index contributed by atoms with van der Waals surface area (Å²) in [5, 5.41) is 2.49. The van der Waals surface area contributed by atoms with Crippen molar-refractivity contribution in [3.05, 3.63) is 0 Å². The molecule has 0 bridgehead atoms. The second-order valence-corrected chi connectivity index (χ2v) is 3.93. The smallest absolute Gasteiger partial charge is 0.308 e. The van der Waals surface area contributed by atoms with Crippen molar-refractivity contribution in [2.45, 2.75) is 38.8 Å². The van der Waals surface area contributed by atoms with Crippen LogP contribution in [0.3, 0.4) is 0 Å². The Morgan fingerprint density at radius 3 is 2.23 bits per heavy atom. The molecule has 1 saturated carbocycles. The molecule has 1 nitrogen and oxygen atoms in total. The highest BCUT2D eigenvalue weighted by Crippen LogP contribution is 2.43. The van der Waals surface area contributed by atoms with Gasteiger partial charge in [-0.25, -0.2) is 0 Å². The molecule has 1 aliphatic carbocycles. The second-order valence-electron chi connectivity index (χ2n) is 3.93. The van der Waals surface area contributed by atoms with Crippen molar-refractivity contribution >= 4 is 0 Å². The summed E-state index contributed by atoms with van der Waals surface area (Å²) in [7, 11) is 0. The third-order valence-electron chi connectivity index (χ3n) is 2.99. The third kappa shape index (κ3) is 3.18. The molecule has 0 unspecified atom stereocenters. The maximum Gasteiger partial charge on any atom is 0.401 e. The summed E-state index contributed by atoms with van der Waals surface area (Å²) in [4.78, 5) is 0. The van der Waals surface area contributed by atoms with E-state index in [-0.39, 0.29) is 5.41 Å². The van der Waals surface area contributed by atoms with Crippen LogP contribution in [0.4, 0.5) is 13.2 Å². The lowest BCUT2D eigenvalue weighted by molar-refractivity contribution is -0.126. The fraction of sp³-hybridized carbons (Fsp3) is 1.00. The zero-order valence-corrected chi connectivity index (χ0v) is 7.88. The van der Waals surface area contributed by atoms with Gasteiger partial charge in [-0.05, 0) is 24.7 Å². The zero-order valence-electron chi connectivity index (χ0n) is 7.88. The SMILES string of the molecule is CCC1(CNCC(F)(F)F)CCC1. The summed E-state index contributed by atoms with van der Waals surface area (Å²) >= 11 is 0. The Labute approximate surface area is 76.7 Å². The standard InChI is InChI=1S/C9H16F3N/c1-2-8(4-3-5-8)6-13-7-9(10,11)12/h13H,2-7H2,1H3. The van der Waals surface area contributed by atoms with Gasteiger partial charge in [-0.1, -0.05) is 13.3 Å². The summed E-state index contributed by atoms with van der Waals surface area (Å²) < 4.78 is 35.4. The average molecular weight is 195 g/mol. The van der Waals surface area contributed by atoms with E-state index in [0.717, 1.165) is 19.3 Å². The highest BCUT2D eigenvalue weighted by molar-refractivity contribution is 4.88. The molecule has 0 spiro atoms. The van der Waals surface area contributed by atoms with Crippen LogP contribution in [0, 0.1) is 5.41 Å². The first kappa shape index (κ1) is 10.8. The molecule has 0 aromatic heterocycles. The van der Waals surface area contributed by atoms with Crippen molar-refractivity contribution in [1.29, 1.82) is 0 Å². The Bertz CT molecular complexity index is 155. The van der Waals surface area contributed by atoms with Gasteiger partial charge in [0.1, 0.15) is 0 Å². The van der Waals surface area contributed by atoms with Crippen LogP contribution in [-0.2, 0) is 0 Å². The van der Waals surface area contributed by atoms with Gasteiger partial charge in [0.05, 0.1) is 6.54 Å². The zero-order chi connectivity index (χ0) is 9.95. The van der Waals surface area contributed by atoms with Crippen molar-refractivity contribution in [3.8, 4) is 0 Å². The molecular formula is C9H16F3N. The van der Waals surface area contributed by atoms with Crippen molar-refractivity contribution in [2.75, 3.05) is 13.1 Å². The predicted molar refractivity (Wildman–Crippen MR) is 45.5 cm³/mol. The van der Waals surface area contributed by atoms with Gasteiger partial charge in [-0.15, -0.1) is 0 Å². The fourth-order valence-corrected chi connectivity index (χ4v) is 1.80. The van der Waals surface area contributed by atoms with E-state index in [1.54, 1.807) is 0 Å². The highest BCUT2D eigenvalue weighted by Gasteiger charge is 2.36. The van der Waals surface area contributed by atoms with Crippen LogP contribution >= 0.6 is 0 Å². The van der Waals surface area contributed by atoms with Gasteiger partial charge in [0, 0.05) is 6.54 Å². The van der Waals surface area contributed by atoms with Crippen LogP contribution in [-0.4, -0.2) is 19.3 Å². The number of alkyl halides is 3. The van der Waals surface area contributed by atoms with Crippen molar-refractivity contribution in [3.63, 3.8) is 0 Å². The lowest BCUT2D eigenvalue weighted by Gasteiger charge is -2.41. The molecule has 78 valence electrons. The van der Waals surface area contributed by atoms with E-state index < -0.39 is 12.7 Å². The Kier molecular flexibility index (Phi) is 3.22. The van der Waals surface area contributed by atoms with E-state index in [4.69, 9.17) is 0 Å². The van der Waals surface area contributed by atoms with E-state index in [1.807, 2.05) is 0 Å². The van der Waals surface area contributed by atoms with Gasteiger partial charge in [-0.2, -0.15) is 13.2 Å². The van der Waals surface area contributed by atoms with Gasteiger partial charge in [0.25, 0.3) is 0 Å². The first-order valence-corrected chi connectivity index (χ1v) is 4.75. The molecular weight excluding hydrogens is 179 g/mol. The Morgan fingerprint density at radius 1 is 1.31 bits per heavy atom. The monoisotopic (exact) mass is 195 g/mol. The minimum Gasteiger partial charge on any atom is -0.308 e. The number of hydrogen-bond acceptors (Lipinski definition) is 1. The summed E-state index contributed by atoms with van der Waals surface area (Å²) in [6.45, 7) is 1.71. The normalized spacial score (nSPS) is 21.2. The molecule has 0 amide bonds. The average Bonchev–Trinajstić information content (AvgIpc) is 1.92. The molecule has 0 aliphatic heterocycles. The number of nitrogens with one attached hydrogen (secondary N) is 1. The molecule has 1 N–H and O–H groups in total. The summed E-state index contributed by atoms with van der Waals surface area (Å²) in [5.41, 5.74) is 0.172. The maximum absolute atomic E-state index is 11.8. The topological polar surface area (TPSA) is 12.0 Å². The predicted octanol–water partition coefficient (Wildman–Crippen LogP) is 2.72. The highest BCUT2D eigenvalue weighted by atomic mass is 19.4. The molecule has 13 heavy (non-hydrogen) atoms. The Balaban J connectivity index is 2.18. The second kappa shape index (κ2) is 3.86. The molecule has 1 rings (SSSR count). The van der Waals surface area contributed by atoms with E-state index in [9.17, 15) is 13.2 Å². The molecule has 1 fully saturated rings. The minimum absolute atomic E-state index is 0.172. The number of rotatable bonds is 4. The van der Waals surface area contributed by atoms with Gasteiger partial charge in [0.15, 0.2) is 0 Å². The van der Waals surface area contributed by atoms with Crippen LogP contribution in [0.15, 0.2) is 0 Å². The molecule has 1 aliphatic rings. The fourth-order valence-electron chi connectivity index (χ4n) is 1.80. The van der Waals surface area contributed by atoms with Crippen molar-refractivity contribution < 1.29 is 13.2 Å². The van der Waals surface area contributed by atoms with Gasteiger partial charge in [-0.3, -0.25) is 0 Å². The summed E-state index contributed by atoms with van der Waals surface area (Å²) in [5.74, 6) is 0. The van der Waals surface area contributed by atoms with Crippen LogP contribution in [0.1, 0.15) is 32.6 Å². The minimum atomic E-state index is -4.07. The van der Waals surface area contributed by atoms with Gasteiger partial charge in [0.2, 0.25) is 0 Å². The van der Waals surface area contributed by atoms with E-state index in [0.29, 0.717) is 6.54 Å². The lowest BCUT2D eigenvalue weighted by atomic mass is 9.67. The third-order valence-corrected chi connectivity index (χ3v) is 2.99. The first-order chi connectivity index (χ1) is 5.97. The largest absolute Gasteiger partial charge is 0.401 e. The van der Waals surface area contributed by atoms with E-state index in [2.05, 4.69) is 12.2 Å². The van der Waals surface area contributed by atoms with Crippen LogP contribution in [0.2, 0.25) is 0 Å². The van der Waals surface area contributed by atoms with Gasteiger partial charge < -0.3 is 5.32 Å². The maximum atomic E-state index is 11.8. The van der Waals surface area contributed by atoms with Crippen molar-refractivity contribution in [2.24, 2.45) is 5.41 Å². The van der Waals surface area contributed by atoms with Gasteiger partial charge >= 0.3 is 6.18 Å². The summed E-state index contributed by atoms with van der Waals surface area (Å²) in [6, 6.07) is 0. The molecule has 0 radical (unpaired) electrons. The molecule has 0 atom stereocenters. The molecule has 4 heteroatoms. The molecule has 0 saturated heterocycles. The Hall–Kier alpha value is -0.250. The van der Waals surface area contributed by atoms with Crippen LogP contribution in [0.25, 0.3) is 0 Å². The molecule has 0 heterocycles. The van der Waals surface area contributed by atoms with E-state index >= 15 is 0 Å². The van der Waals surface area contributed by atoms with Crippen LogP contribution < -0.4 is 5.32 Å². The molecule has 0 aromatic carbocycles. The first-order valence-electron chi connectivity index (χ1n) is 4.75. The van der Waals surface area contributed by atoms with Crippen molar-refractivity contribution in [1.82, 2.24) is 5.32 Å². The quantitative estimate of drug-likeness (QED) is 0.727. The number of hydrogen-bond donors (Lipinski definition) is 1. The van der Waals surface area contributed by atoms with Crippen LogP contribution in [0.5, 0.6) is 0 Å². The lowest BCUT2D eigenvalue weighted by Crippen LogP contribution is -2.42. The summed E-state index contributed by atoms with van der Waals surface area (Å²) in [6.07, 6.45) is 0.237. The molecule has 0 aromatic rings. The number of halogens is 3. The van der Waals surface area contributed by atoms with E-state index in [1.165, 1.54) is 6.42 Å². The Morgan fingerprint density at radius 2 is 1.92 bits per heavy atom.